The number of nitrogens with zero attached hydrogens (tertiary/aromatic N) is 5. The van der Waals surface area contributed by atoms with Crippen molar-refractivity contribution < 1.29 is 52.0 Å². The van der Waals surface area contributed by atoms with E-state index >= 15 is 0 Å². The van der Waals surface area contributed by atoms with E-state index in [1.54, 1.807) is 21.0 Å². The summed E-state index contributed by atoms with van der Waals surface area (Å²) in [5, 5.41) is 2.70. The van der Waals surface area contributed by atoms with E-state index in [4.69, 9.17) is 28.5 Å². The van der Waals surface area contributed by atoms with Crippen LogP contribution in [0.4, 0.5) is 10.6 Å². The van der Waals surface area contributed by atoms with E-state index in [-0.39, 0.29) is 56.6 Å². The number of esters is 2. The molecule has 1 aromatic heterocycles. The number of benzene rings is 1. The molecule has 0 radical (unpaired) electrons. The lowest BCUT2D eigenvalue weighted by atomic mass is 10.2. The molecule has 0 saturated carbocycles. The quantitative estimate of drug-likeness (QED) is 0.0928. The summed E-state index contributed by atoms with van der Waals surface area (Å²) in [5.74, 6) is -2.02. The fourth-order valence-electron chi connectivity index (χ4n) is 5.85. The molecule has 3 heterocycles. The minimum absolute atomic E-state index is 0.00312. The van der Waals surface area contributed by atoms with Gasteiger partial charge < -0.3 is 39.0 Å². The number of unbranched alkanes of at least 4 members (excludes halogenated alkanes) is 1. The Balaban J connectivity index is 1.58. The fourth-order valence-corrected chi connectivity index (χ4v) is 6.87. The number of aromatic nitrogens is 2. The zero-order chi connectivity index (χ0) is 39.7. The van der Waals surface area contributed by atoms with Gasteiger partial charge >= 0.3 is 24.5 Å². The lowest BCUT2D eigenvalue weighted by Crippen LogP contribution is -2.56. The SMILES string of the molecule is CCCCOC(=O)N1CCN(C(=O)C(C[PH](=O)OC(OC(=O)CCC)OC(=O)CCC)NC(=O)c2cc(N3CCC(OC)C3)nc(-c3ccccc3)n2)CC1. The molecule has 3 atom stereocenters. The van der Waals surface area contributed by atoms with E-state index in [2.05, 4.69) is 10.3 Å². The monoisotopic (exact) mass is 788 g/mol. The van der Waals surface area contributed by atoms with Gasteiger partial charge in [0, 0.05) is 70.8 Å². The number of rotatable bonds is 19. The van der Waals surface area contributed by atoms with Crippen LogP contribution in [0.1, 0.15) is 76.2 Å². The Labute approximate surface area is 322 Å². The molecule has 3 unspecified atom stereocenters. The predicted octanol–water partition coefficient (Wildman–Crippen LogP) is 4.01. The molecule has 2 aliphatic rings. The summed E-state index contributed by atoms with van der Waals surface area (Å²) in [6.07, 6.45) is 2.21. The van der Waals surface area contributed by atoms with Crippen molar-refractivity contribution in [1.29, 1.82) is 0 Å². The number of amides is 3. The van der Waals surface area contributed by atoms with Crippen LogP contribution in [0, 0.1) is 0 Å². The molecule has 3 amide bonds. The van der Waals surface area contributed by atoms with Gasteiger partial charge in [0.05, 0.1) is 18.9 Å². The van der Waals surface area contributed by atoms with Crippen LogP contribution in [0.2, 0.25) is 0 Å². The number of anilines is 1. The Morgan fingerprint density at radius 3 is 2.15 bits per heavy atom. The Morgan fingerprint density at radius 2 is 1.55 bits per heavy atom. The number of hydrogen-bond donors (Lipinski definition) is 1. The minimum Gasteiger partial charge on any atom is -0.449 e. The highest BCUT2D eigenvalue weighted by molar-refractivity contribution is 7.39. The summed E-state index contributed by atoms with van der Waals surface area (Å²) in [7, 11) is -1.70. The van der Waals surface area contributed by atoms with Crippen molar-refractivity contribution >= 4 is 43.7 Å². The number of ether oxygens (including phenoxy) is 4. The summed E-state index contributed by atoms with van der Waals surface area (Å²) in [4.78, 5) is 79.5. The van der Waals surface area contributed by atoms with E-state index < -0.39 is 56.6 Å². The lowest BCUT2D eigenvalue weighted by molar-refractivity contribution is -0.234. The molecule has 1 aromatic carbocycles. The smallest absolute Gasteiger partial charge is 0.409 e. The van der Waals surface area contributed by atoms with Gasteiger partial charge in [0.15, 0.2) is 5.82 Å². The van der Waals surface area contributed by atoms with Gasteiger partial charge in [-0.1, -0.05) is 57.5 Å². The van der Waals surface area contributed by atoms with Crippen LogP contribution < -0.4 is 10.2 Å². The van der Waals surface area contributed by atoms with Crippen LogP contribution in [-0.4, -0.2) is 127 Å². The zero-order valence-corrected chi connectivity index (χ0v) is 33.0. The van der Waals surface area contributed by atoms with Gasteiger partial charge in [-0.25, -0.2) is 14.8 Å². The third kappa shape index (κ3) is 13.3. The molecule has 1 N–H and O–H groups in total. The van der Waals surface area contributed by atoms with Crippen LogP contribution >= 0.6 is 8.03 Å². The number of nitrogens with one attached hydrogen (secondary N) is 1. The molecular formula is C37H53N6O11P. The van der Waals surface area contributed by atoms with Crippen molar-refractivity contribution in [2.24, 2.45) is 0 Å². The molecular weight excluding hydrogens is 735 g/mol. The van der Waals surface area contributed by atoms with Crippen molar-refractivity contribution in [3.05, 3.63) is 42.1 Å². The Morgan fingerprint density at radius 1 is 0.891 bits per heavy atom. The molecule has 17 nitrogen and oxygen atoms in total. The van der Waals surface area contributed by atoms with Crippen LogP contribution in [0.25, 0.3) is 11.4 Å². The molecule has 55 heavy (non-hydrogen) atoms. The van der Waals surface area contributed by atoms with Gasteiger partial charge in [-0.15, -0.1) is 0 Å². The van der Waals surface area contributed by atoms with Gasteiger partial charge in [0.2, 0.25) is 13.9 Å². The highest BCUT2D eigenvalue weighted by atomic mass is 31.1. The molecule has 2 aromatic rings. The Kier molecular flexibility index (Phi) is 17.3. The first kappa shape index (κ1) is 43.1. The summed E-state index contributed by atoms with van der Waals surface area (Å²) < 4.78 is 40.2. The summed E-state index contributed by atoms with van der Waals surface area (Å²) in [5.41, 5.74) is 0.627. The molecule has 302 valence electrons. The molecule has 2 saturated heterocycles. The van der Waals surface area contributed by atoms with Crippen molar-refractivity contribution in [2.75, 3.05) is 64.0 Å². The van der Waals surface area contributed by atoms with Gasteiger partial charge in [-0.2, -0.15) is 0 Å². The average Bonchev–Trinajstić information content (AvgIpc) is 3.67. The first-order chi connectivity index (χ1) is 26.5. The van der Waals surface area contributed by atoms with Gasteiger partial charge in [0.1, 0.15) is 17.6 Å². The highest BCUT2D eigenvalue weighted by Gasteiger charge is 2.34. The van der Waals surface area contributed by atoms with Crippen molar-refractivity contribution in [1.82, 2.24) is 25.1 Å². The van der Waals surface area contributed by atoms with Crippen molar-refractivity contribution in [3.63, 3.8) is 0 Å². The summed E-state index contributed by atoms with van der Waals surface area (Å²) in [6.45, 7) is 5.66. The Hall–Kier alpha value is -4.60. The van der Waals surface area contributed by atoms with E-state index in [9.17, 15) is 28.5 Å². The molecule has 4 rings (SSSR count). The minimum atomic E-state index is -3.34. The normalized spacial score (nSPS) is 16.7. The predicted molar refractivity (Wildman–Crippen MR) is 201 cm³/mol. The molecule has 0 aliphatic carbocycles. The molecule has 2 fully saturated rings. The number of hydrogen-bond acceptors (Lipinski definition) is 14. The van der Waals surface area contributed by atoms with E-state index in [1.165, 1.54) is 15.9 Å². The van der Waals surface area contributed by atoms with Crippen molar-refractivity contribution in [2.45, 2.75) is 84.3 Å². The molecule has 18 heteroatoms. The maximum absolute atomic E-state index is 14.1. The maximum atomic E-state index is 14.1. The summed E-state index contributed by atoms with van der Waals surface area (Å²) >= 11 is 0. The largest absolute Gasteiger partial charge is 0.449 e. The maximum Gasteiger partial charge on any atom is 0.409 e. The topological polar surface area (TPSA) is 196 Å². The first-order valence-electron chi connectivity index (χ1n) is 18.9. The van der Waals surface area contributed by atoms with Gasteiger partial charge in [-0.05, 0) is 25.7 Å². The third-order valence-corrected chi connectivity index (χ3v) is 10.1. The van der Waals surface area contributed by atoms with Crippen molar-refractivity contribution in [3.8, 4) is 11.4 Å². The highest BCUT2D eigenvalue weighted by Crippen LogP contribution is 2.29. The van der Waals surface area contributed by atoms with Gasteiger partial charge in [0.25, 0.3) is 5.91 Å². The average molecular weight is 789 g/mol. The van der Waals surface area contributed by atoms with Crippen LogP contribution in [0.5, 0.6) is 0 Å². The second kappa shape index (κ2) is 22.1. The second-order valence-electron chi connectivity index (χ2n) is 13.2. The number of methoxy groups -OCH3 is 1. The first-order valence-corrected chi connectivity index (χ1v) is 20.4. The van der Waals surface area contributed by atoms with Gasteiger partial charge in [-0.3, -0.25) is 28.3 Å². The second-order valence-corrected chi connectivity index (χ2v) is 14.6. The Bertz CT molecular complexity index is 1610. The number of carbonyl (C=O) groups is 5. The molecule has 0 bridgehead atoms. The number of piperazine rings is 1. The molecule has 2 aliphatic heterocycles. The zero-order valence-electron chi connectivity index (χ0n) is 32.0. The third-order valence-electron chi connectivity index (χ3n) is 8.92. The van der Waals surface area contributed by atoms with E-state index in [0.29, 0.717) is 43.9 Å². The standard InChI is InChI=1S/C37H53N6O11P/c1-5-8-22-51-36(48)42-20-18-41(19-21-42)35(47)29(25-55(49)54-37(52-31(44)12-6-2)53-32(45)13-7-3)39-34(46)28-23-30(43-17-16-27(24-43)50-4)40-33(38-28)26-14-10-9-11-15-26/h9-11,14-15,23,27,29,37,55H,5-8,12-13,16-22,24-25H2,1-4H3,(H,39,46). The van der Waals surface area contributed by atoms with E-state index in [0.717, 1.165) is 19.3 Å². The van der Waals surface area contributed by atoms with Crippen LogP contribution in [0.15, 0.2) is 36.4 Å². The lowest BCUT2D eigenvalue weighted by Gasteiger charge is -2.36. The molecule has 0 spiro atoms. The van der Waals surface area contributed by atoms with E-state index in [1.807, 2.05) is 42.2 Å². The van der Waals surface area contributed by atoms with Crippen LogP contribution in [0.3, 0.4) is 0 Å². The number of carbonyl (C=O) groups excluding carboxylic acids is 5. The summed E-state index contributed by atoms with van der Waals surface area (Å²) in [6, 6.07) is 9.24. The van der Waals surface area contributed by atoms with Crippen LogP contribution in [-0.2, 0) is 42.4 Å². The fraction of sp³-hybridized carbons (Fsp3) is 0.595.